The predicted octanol–water partition coefficient (Wildman–Crippen LogP) is 5.68. The SMILES string of the molecule is CCOC(=O)c1ccc(-n2c(C)cc(/C=C3/SC(=S)N(c4ccccc4)C3=O)c2C)cc1. The summed E-state index contributed by atoms with van der Waals surface area (Å²) in [5.41, 5.74) is 5.19. The van der Waals surface area contributed by atoms with Crippen molar-refractivity contribution in [3.05, 3.63) is 88.1 Å². The molecule has 3 aromatic rings. The second kappa shape index (κ2) is 9.14. The molecule has 162 valence electrons. The lowest BCUT2D eigenvalue weighted by Crippen LogP contribution is -2.27. The van der Waals surface area contributed by atoms with Crippen LogP contribution in [0.3, 0.4) is 0 Å². The van der Waals surface area contributed by atoms with E-state index in [9.17, 15) is 9.59 Å². The number of nitrogens with zero attached hydrogens (tertiary/aromatic N) is 2. The van der Waals surface area contributed by atoms with Gasteiger partial charge >= 0.3 is 5.97 Å². The Hall–Kier alpha value is -3.16. The number of carbonyl (C=O) groups excluding carboxylic acids is 2. The summed E-state index contributed by atoms with van der Waals surface area (Å²) in [5.74, 6) is -0.448. The standard InChI is InChI=1S/C25H22N2O3S2/c1-4-30-24(29)18-10-12-21(13-11-18)26-16(2)14-19(17(26)3)15-22-23(28)27(25(31)32-22)20-8-6-5-7-9-20/h5-15H,4H2,1-3H3/b22-15+. The highest BCUT2D eigenvalue weighted by molar-refractivity contribution is 8.27. The van der Waals surface area contributed by atoms with E-state index < -0.39 is 0 Å². The summed E-state index contributed by atoms with van der Waals surface area (Å²) in [7, 11) is 0. The van der Waals surface area contributed by atoms with Gasteiger partial charge in [-0.3, -0.25) is 9.69 Å². The van der Waals surface area contributed by atoms with Crippen LogP contribution in [0.25, 0.3) is 11.8 Å². The maximum atomic E-state index is 13.0. The molecule has 1 aliphatic rings. The quantitative estimate of drug-likeness (QED) is 0.278. The number of amides is 1. The van der Waals surface area contributed by atoms with Crippen LogP contribution in [0.5, 0.6) is 0 Å². The molecule has 5 nitrogen and oxygen atoms in total. The molecular formula is C25H22N2O3S2. The van der Waals surface area contributed by atoms with Gasteiger partial charge in [0, 0.05) is 17.1 Å². The van der Waals surface area contributed by atoms with Crippen LogP contribution in [0.1, 0.15) is 34.2 Å². The molecule has 0 unspecified atom stereocenters. The van der Waals surface area contributed by atoms with Crippen molar-refractivity contribution in [2.24, 2.45) is 0 Å². The highest BCUT2D eigenvalue weighted by Crippen LogP contribution is 2.36. The molecule has 0 saturated carbocycles. The number of ether oxygens (including phenoxy) is 1. The summed E-state index contributed by atoms with van der Waals surface area (Å²) in [6, 6.07) is 18.8. The molecule has 0 N–H and O–H groups in total. The van der Waals surface area contributed by atoms with Crippen LogP contribution in [0.2, 0.25) is 0 Å². The molecule has 4 rings (SSSR count). The normalized spacial score (nSPS) is 15.0. The van der Waals surface area contributed by atoms with E-state index in [1.807, 2.05) is 68.5 Å². The molecule has 0 aliphatic carbocycles. The summed E-state index contributed by atoms with van der Waals surface area (Å²) in [4.78, 5) is 27.1. The first kappa shape index (κ1) is 22.0. The van der Waals surface area contributed by atoms with Gasteiger partial charge < -0.3 is 9.30 Å². The number of rotatable bonds is 5. The van der Waals surface area contributed by atoms with Crippen LogP contribution >= 0.6 is 24.0 Å². The highest BCUT2D eigenvalue weighted by Gasteiger charge is 2.33. The van der Waals surface area contributed by atoms with E-state index >= 15 is 0 Å². The summed E-state index contributed by atoms with van der Waals surface area (Å²) in [6.07, 6.45) is 1.90. The van der Waals surface area contributed by atoms with E-state index in [-0.39, 0.29) is 11.9 Å². The summed E-state index contributed by atoms with van der Waals surface area (Å²) in [6.45, 7) is 6.15. The third-order valence-electron chi connectivity index (χ3n) is 5.20. The van der Waals surface area contributed by atoms with Gasteiger partial charge in [-0.25, -0.2) is 4.79 Å². The largest absolute Gasteiger partial charge is 0.462 e. The number of aryl methyl sites for hydroxylation is 1. The van der Waals surface area contributed by atoms with Gasteiger partial charge in [0.25, 0.3) is 5.91 Å². The molecule has 7 heteroatoms. The topological polar surface area (TPSA) is 51.5 Å². The Morgan fingerprint density at radius 1 is 1.06 bits per heavy atom. The molecule has 2 aromatic carbocycles. The molecule has 32 heavy (non-hydrogen) atoms. The van der Waals surface area contributed by atoms with Crippen molar-refractivity contribution in [2.75, 3.05) is 11.5 Å². The van der Waals surface area contributed by atoms with Crippen molar-refractivity contribution in [2.45, 2.75) is 20.8 Å². The zero-order valence-electron chi connectivity index (χ0n) is 18.0. The fourth-order valence-electron chi connectivity index (χ4n) is 3.70. The average molecular weight is 463 g/mol. The van der Waals surface area contributed by atoms with Crippen molar-refractivity contribution < 1.29 is 14.3 Å². The van der Waals surface area contributed by atoms with E-state index in [2.05, 4.69) is 4.57 Å². The Balaban J connectivity index is 1.64. The van der Waals surface area contributed by atoms with E-state index in [0.717, 1.165) is 28.3 Å². The minimum absolute atomic E-state index is 0.116. The fraction of sp³-hybridized carbons (Fsp3) is 0.160. The summed E-state index contributed by atoms with van der Waals surface area (Å²) >= 11 is 6.78. The molecule has 1 aliphatic heterocycles. The number of benzene rings is 2. The fourth-order valence-corrected chi connectivity index (χ4v) is 4.99. The number of anilines is 1. The Kier molecular flexibility index (Phi) is 6.30. The third-order valence-corrected chi connectivity index (χ3v) is 6.50. The maximum Gasteiger partial charge on any atom is 0.338 e. The second-order valence-electron chi connectivity index (χ2n) is 7.28. The van der Waals surface area contributed by atoms with Gasteiger partial charge in [0.2, 0.25) is 0 Å². The number of esters is 1. The summed E-state index contributed by atoms with van der Waals surface area (Å²) < 4.78 is 7.68. The zero-order valence-corrected chi connectivity index (χ0v) is 19.6. The lowest BCUT2D eigenvalue weighted by Gasteiger charge is -2.13. The van der Waals surface area contributed by atoms with Crippen molar-refractivity contribution in [1.29, 1.82) is 0 Å². The van der Waals surface area contributed by atoms with Crippen molar-refractivity contribution in [3.63, 3.8) is 0 Å². The second-order valence-corrected chi connectivity index (χ2v) is 8.96. The third kappa shape index (κ3) is 4.13. The molecule has 1 aromatic heterocycles. The van der Waals surface area contributed by atoms with Gasteiger partial charge in [0.15, 0.2) is 4.32 Å². The van der Waals surface area contributed by atoms with Gasteiger partial charge in [-0.2, -0.15) is 0 Å². The van der Waals surface area contributed by atoms with E-state index in [0.29, 0.717) is 21.4 Å². The number of thioether (sulfide) groups is 1. The molecule has 0 spiro atoms. The van der Waals surface area contributed by atoms with Gasteiger partial charge in [-0.15, -0.1) is 0 Å². The van der Waals surface area contributed by atoms with Crippen LogP contribution in [0, 0.1) is 13.8 Å². The van der Waals surface area contributed by atoms with Gasteiger partial charge in [-0.05, 0) is 74.9 Å². The smallest absolute Gasteiger partial charge is 0.338 e. The zero-order chi connectivity index (χ0) is 22.8. The van der Waals surface area contributed by atoms with Gasteiger partial charge in [0.05, 0.1) is 22.8 Å². The molecule has 2 heterocycles. The van der Waals surface area contributed by atoms with Gasteiger partial charge in [-0.1, -0.05) is 42.2 Å². The lowest BCUT2D eigenvalue weighted by molar-refractivity contribution is -0.113. The highest BCUT2D eigenvalue weighted by atomic mass is 32.2. The average Bonchev–Trinajstić information content (AvgIpc) is 3.23. The molecule has 1 fully saturated rings. The minimum Gasteiger partial charge on any atom is -0.462 e. The van der Waals surface area contributed by atoms with Gasteiger partial charge in [0.1, 0.15) is 0 Å². The number of para-hydroxylation sites is 1. The Morgan fingerprint density at radius 2 is 1.75 bits per heavy atom. The molecule has 0 radical (unpaired) electrons. The number of hydrogen-bond acceptors (Lipinski definition) is 5. The van der Waals surface area contributed by atoms with E-state index in [1.165, 1.54) is 11.8 Å². The van der Waals surface area contributed by atoms with Crippen LogP contribution in [0.15, 0.2) is 65.6 Å². The number of carbonyl (C=O) groups is 2. The van der Waals surface area contributed by atoms with Crippen LogP contribution in [-0.2, 0) is 9.53 Å². The molecule has 0 bridgehead atoms. The Labute approximate surface area is 196 Å². The van der Waals surface area contributed by atoms with E-state index in [4.69, 9.17) is 17.0 Å². The minimum atomic E-state index is -0.332. The Bertz CT molecular complexity index is 1230. The first-order valence-corrected chi connectivity index (χ1v) is 11.4. The van der Waals surface area contributed by atoms with Crippen molar-refractivity contribution in [3.8, 4) is 5.69 Å². The van der Waals surface area contributed by atoms with Crippen LogP contribution in [0.4, 0.5) is 5.69 Å². The maximum absolute atomic E-state index is 13.0. The van der Waals surface area contributed by atoms with Crippen LogP contribution < -0.4 is 4.90 Å². The predicted molar refractivity (Wildman–Crippen MR) is 133 cm³/mol. The number of hydrogen-bond donors (Lipinski definition) is 0. The van der Waals surface area contributed by atoms with Crippen LogP contribution in [-0.4, -0.2) is 27.4 Å². The molecular weight excluding hydrogens is 440 g/mol. The summed E-state index contributed by atoms with van der Waals surface area (Å²) in [5, 5.41) is 0. The molecule has 1 amide bonds. The first-order valence-electron chi connectivity index (χ1n) is 10.2. The molecule has 1 saturated heterocycles. The van der Waals surface area contributed by atoms with Crippen molar-refractivity contribution >= 4 is 51.9 Å². The first-order chi connectivity index (χ1) is 15.4. The number of aromatic nitrogens is 1. The molecule has 0 atom stereocenters. The number of thiocarbonyl (C=S) groups is 1. The monoisotopic (exact) mass is 462 g/mol. The Morgan fingerprint density at radius 3 is 2.41 bits per heavy atom. The van der Waals surface area contributed by atoms with Crippen molar-refractivity contribution in [1.82, 2.24) is 4.57 Å². The lowest BCUT2D eigenvalue weighted by atomic mass is 10.2. The van der Waals surface area contributed by atoms with E-state index in [1.54, 1.807) is 24.0 Å².